The first kappa shape index (κ1) is 16.5. The topological polar surface area (TPSA) is 81.9 Å². The normalized spacial score (nSPS) is 11.6. The van der Waals surface area contributed by atoms with Crippen molar-refractivity contribution in [3.05, 3.63) is 59.2 Å². The van der Waals surface area contributed by atoms with Crippen molar-refractivity contribution in [2.24, 2.45) is 5.10 Å². The van der Waals surface area contributed by atoms with E-state index >= 15 is 0 Å². The summed E-state index contributed by atoms with van der Waals surface area (Å²) in [6.45, 7) is 6.33. The van der Waals surface area contributed by atoms with E-state index in [-0.39, 0.29) is 22.8 Å². The van der Waals surface area contributed by atoms with Crippen LogP contribution in [0.1, 0.15) is 42.3 Å². The molecular formula is C18H20N2O3. The predicted octanol–water partition coefficient (Wildman–Crippen LogP) is 3.16. The van der Waals surface area contributed by atoms with Gasteiger partial charge in [-0.1, -0.05) is 32.9 Å². The molecule has 0 aromatic heterocycles. The maximum absolute atomic E-state index is 12.0. The monoisotopic (exact) mass is 312 g/mol. The highest BCUT2D eigenvalue weighted by Crippen LogP contribution is 2.24. The number of nitrogens with zero attached hydrogens (tertiary/aromatic N) is 1. The molecule has 2 aromatic rings. The highest BCUT2D eigenvalue weighted by atomic mass is 16.3. The Kier molecular flexibility index (Phi) is 4.69. The van der Waals surface area contributed by atoms with Crippen molar-refractivity contribution < 1.29 is 15.0 Å². The molecule has 0 spiro atoms. The molecule has 0 atom stereocenters. The number of benzene rings is 2. The van der Waals surface area contributed by atoms with Crippen LogP contribution < -0.4 is 5.43 Å². The summed E-state index contributed by atoms with van der Waals surface area (Å²) in [4.78, 5) is 12.0. The molecule has 120 valence electrons. The number of carbonyl (C=O) groups excluding carboxylic acids is 1. The lowest BCUT2D eigenvalue weighted by atomic mass is 9.87. The highest BCUT2D eigenvalue weighted by Gasteiger charge is 2.14. The van der Waals surface area contributed by atoms with Crippen LogP contribution in [0, 0.1) is 0 Å². The zero-order chi connectivity index (χ0) is 17.0. The summed E-state index contributed by atoms with van der Waals surface area (Å²) in [5.41, 5.74) is 4.69. The van der Waals surface area contributed by atoms with Gasteiger partial charge in [-0.3, -0.25) is 4.79 Å². The van der Waals surface area contributed by atoms with Gasteiger partial charge in [0.25, 0.3) is 5.91 Å². The van der Waals surface area contributed by atoms with E-state index in [0.29, 0.717) is 11.1 Å². The van der Waals surface area contributed by atoms with Crippen LogP contribution in [0.5, 0.6) is 11.5 Å². The van der Waals surface area contributed by atoms with Gasteiger partial charge < -0.3 is 10.2 Å². The van der Waals surface area contributed by atoms with Crippen molar-refractivity contribution in [3.8, 4) is 11.5 Å². The third-order valence-electron chi connectivity index (χ3n) is 3.39. The molecule has 23 heavy (non-hydrogen) atoms. The summed E-state index contributed by atoms with van der Waals surface area (Å²) >= 11 is 0. The fourth-order valence-electron chi connectivity index (χ4n) is 1.97. The van der Waals surface area contributed by atoms with Crippen LogP contribution in [0.4, 0.5) is 0 Å². The predicted molar refractivity (Wildman–Crippen MR) is 90.0 cm³/mol. The van der Waals surface area contributed by atoms with E-state index in [4.69, 9.17) is 0 Å². The van der Waals surface area contributed by atoms with E-state index in [1.807, 2.05) is 12.1 Å². The molecule has 0 saturated carbocycles. The number of nitrogens with one attached hydrogen (secondary N) is 1. The molecule has 0 heterocycles. The maximum Gasteiger partial charge on any atom is 0.271 e. The Hall–Kier alpha value is -2.82. The van der Waals surface area contributed by atoms with Crippen LogP contribution >= 0.6 is 0 Å². The van der Waals surface area contributed by atoms with Gasteiger partial charge in [0.15, 0.2) is 11.5 Å². The molecule has 5 heteroatoms. The molecule has 0 bridgehead atoms. The van der Waals surface area contributed by atoms with Crippen LogP contribution in [0.3, 0.4) is 0 Å². The van der Waals surface area contributed by atoms with Crippen LogP contribution in [0.25, 0.3) is 0 Å². The summed E-state index contributed by atoms with van der Waals surface area (Å²) in [5.74, 6) is -0.757. The molecule has 0 aliphatic rings. The van der Waals surface area contributed by atoms with Crippen LogP contribution in [-0.4, -0.2) is 22.3 Å². The molecule has 0 fully saturated rings. The fraction of sp³-hybridized carbons (Fsp3) is 0.222. The molecule has 0 aliphatic carbocycles. The largest absolute Gasteiger partial charge is 0.504 e. The van der Waals surface area contributed by atoms with Crippen molar-refractivity contribution in [3.63, 3.8) is 0 Å². The van der Waals surface area contributed by atoms with Gasteiger partial charge in [-0.25, -0.2) is 5.43 Å². The van der Waals surface area contributed by atoms with Crippen molar-refractivity contribution in [1.82, 2.24) is 5.43 Å². The summed E-state index contributed by atoms with van der Waals surface area (Å²) in [6, 6.07) is 11.7. The van der Waals surface area contributed by atoms with E-state index in [2.05, 4.69) is 31.3 Å². The number of hydrazone groups is 1. The van der Waals surface area contributed by atoms with Crippen molar-refractivity contribution in [2.45, 2.75) is 26.2 Å². The minimum Gasteiger partial charge on any atom is -0.504 e. The molecule has 2 rings (SSSR count). The highest BCUT2D eigenvalue weighted by molar-refractivity contribution is 5.95. The second-order valence-electron chi connectivity index (χ2n) is 6.27. The number of aromatic hydroxyl groups is 2. The quantitative estimate of drug-likeness (QED) is 0.462. The first-order valence-electron chi connectivity index (χ1n) is 7.23. The number of amides is 1. The smallest absolute Gasteiger partial charge is 0.271 e. The third kappa shape index (κ3) is 4.32. The number of phenolic OH excluding ortho intramolecular Hbond substituents is 2. The number of rotatable bonds is 3. The van der Waals surface area contributed by atoms with Crippen LogP contribution in [-0.2, 0) is 5.41 Å². The second kappa shape index (κ2) is 6.52. The summed E-state index contributed by atoms with van der Waals surface area (Å²) in [7, 11) is 0. The van der Waals surface area contributed by atoms with Crippen molar-refractivity contribution in [1.29, 1.82) is 0 Å². The van der Waals surface area contributed by atoms with Gasteiger partial charge in [-0.2, -0.15) is 5.10 Å². The maximum atomic E-state index is 12.0. The lowest BCUT2D eigenvalue weighted by molar-refractivity contribution is 0.0955. The van der Waals surface area contributed by atoms with Gasteiger partial charge in [-0.05, 0) is 46.9 Å². The minimum absolute atomic E-state index is 0.0357. The van der Waals surface area contributed by atoms with E-state index in [1.165, 1.54) is 18.3 Å². The molecule has 0 unspecified atom stereocenters. The number of carbonyl (C=O) groups is 1. The fourth-order valence-corrected chi connectivity index (χ4v) is 1.97. The standard InChI is InChI=1S/C18H20N2O3/c1-18(2,3)14-7-5-13(6-8-14)17(23)20-19-11-12-4-9-15(21)16(22)10-12/h4-11,21-22H,1-3H3,(H,20,23)/b19-11+. The van der Waals surface area contributed by atoms with Crippen LogP contribution in [0.15, 0.2) is 47.6 Å². The Morgan fingerprint density at radius 1 is 1.04 bits per heavy atom. The third-order valence-corrected chi connectivity index (χ3v) is 3.39. The number of phenols is 2. The summed E-state index contributed by atoms with van der Waals surface area (Å²) in [5, 5.41) is 22.4. The van der Waals surface area contributed by atoms with E-state index < -0.39 is 0 Å². The minimum atomic E-state index is -0.315. The van der Waals surface area contributed by atoms with Gasteiger partial charge >= 0.3 is 0 Å². The summed E-state index contributed by atoms with van der Waals surface area (Å²) < 4.78 is 0. The second-order valence-corrected chi connectivity index (χ2v) is 6.27. The molecule has 1 amide bonds. The molecule has 0 radical (unpaired) electrons. The Morgan fingerprint density at radius 2 is 1.70 bits per heavy atom. The van der Waals surface area contributed by atoms with Gasteiger partial charge in [0.05, 0.1) is 6.21 Å². The van der Waals surface area contributed by atoms with Gasteiger partial charge in [0.1, 0.15) is 0 Å². The molecule has 0 aliphatic heterocycles. The summed E-state index contributed by atoms with van der Waals surface area (Å²) in [6.07, 6.45) is 1.39. The lowest BCUT2D eigenvalue weighted by Crippen LogP contribution is -2.18. The first-order valence-corrected chi connectivity index (χ1v) is 7.23. The molecule has 3 N–H and O–H groups in total. The average Bonchev–Trinajstić information content (AvgIpc) is 2.50. The van der Waals surface area contributed by atoms with E-state index in [0.717, 1.165) is 5.56 Å². The molecule has 2 aromatic carbocycles. The SMILES string of the molecule is CC(C)(C)c1ccc(C(=O)N/N=C/c2ccc(O)c(O)c2)cc1. The average molecular weight is 312 g/mol. The van der Waals surface area contributed by atoms with E-state index in [1.54, 1.807) is 18.2 Å². The number of hydrogen-bond donors (Lipinski definition) is 3. The molecule has 5 nitrogen and oxygen atoms in total. The van der Waals surface area contributed by atoms with Crippen molar-refractivity contribution >= 4 is 12.1 Å². The zero-order valence-corrected chi connectivity index (χ0v) is 13.4. The van der Waals surface area contributed by atoms with Crippen LogP contribution in [0.2, 0.25) is 0 Å². The van der Waals surface area contributed by atoms with Gasteiger partial charge in [0, 0.05) is 5.56 Å². The molecular weight excluding hydrogens is 292 g/mol. The Bertz CT molecular complexity index is 729. The van der Waals surface area contributed by atoms with Gasteiger partial charge in [-0.15, -0.1) is 0 Å². The van der Waals surface area contributed by atoms with Crippen molar-refractivity contribution in [2.75, 3.05) is 0 Å². The Labute approximate surface area is 135 Å². The van der Waals surface area contributed by atoms with E-state index in [9.17, 15) is 15.0 Å². The Balaban J connectivity index is 2.01. The zero-order valence-electron chi connectivity index (χ0n) is 13.4. The lowest BCUT2D eigenvalue weighted by Gasteiger charge is -2.18. The van der Waals surface area contributed by atoms with Gasteiger partial charge in [0.2, 0.25) is 0 Å². The number of hydrogen-bond acceptors (Lipinski definition) is 4. The molecule has 0 saturated heterocycles. The first-order chi connectivity index (χ1) is 10.8. The Morgan fingerprint density at radius 3 is 2.26 bits per heavy atom.